The highest BCUT2D eigenvalue weighted by atomic mass is 16.4. The zero-order valence-corrected chi connectivity index (χ0v) is 6.95. The van der Waals surface area contributed by atoms with Gasteiger partial charge in [-0.1, -0.05) is 6.92 Å². The molecule has 0 spiro atoms. The van der Waals surface area contributed by atoms with E-state index in [9.17, 15) is 4.79 Å². The normalized spacial score (nSPS) is 6.42. The zero-order chi connectivity index (χ0) is 10.6. The van der Waals surface area contributed by atoms with Crippen LogP contribution in [0.3, 0.4) is 0 Å². The molecule has 0 fully saturated rings. The Morgan fingerprint density at radius 2 is 1.58 bits per heavy atom. The molecule has 0 bridgehead atoms. The Kier molecular flexibility index (Phi) is 22.7. The molecular weight excluding hydrogens is 164 g/mol. The largest absolute Gasteiger partial charge is 0.481 e. The first kappa shape index (κ1) is 16.8. The first-order chi connectivity index (χ1) is 5.50. The van der Waals surface area contributed by atoms with Gasteiger partial charge in [-0.05, 0) is 6.42 Å². The molecule has 6 nitrogen and oxygen atoms in total. The van der Waals surface area contributed by atoms with Crippen molar-refractivity contribution in [1.82, 2.24) is 0 Å². The van der Waals surface area contributed by atoms with Crippen molar-refractivity contribution in [3.05, 3.63) is 0 Å². The lowest BCUT2D eigenvalue weighted by Gasteiger charge is -1.79. The average Bonchev–Trinajstić information content (AvgIpc) is 1.90. The van der Waals surface area contributed by atoms with Gasteiger partial charge in [-0.15, -0.1) is 0 Å². The van der Waals surface area contributed by atoms with E-state index in [1.165, 1.54) is 0 Å². The maximum Gasteiger partial charge on any atom is 0.309 e. The van der Waals surface area contributed by atoms with Gasteiger partial charge in [0, 0.05) is 6.42 Å². The maximum atomic E-state index is 9.60. The Morgan fingerprint density at radius 3 is 1.58 bits per heavy atom. The first-order valence-electron chi connectivity index (χ1n) is 3.06. The van der Waals surface area contributed by atoms with E-state index in [0.717, 1.165) is 6.42 Å². The van der Waals surface area contributed by atoms with Crippen molar-refractivity contribution in [3.63, 3.8) is 0 Å². The highest BCUT2D eigenvalue weighted by molar-refractivity contribution is 5.69. The molecule has 0 heterocycles. The number of carbonyl (C=O) groups is 3. The smallest absolute Gasteiger partial charge is 0.309 e. The number of carbonyl (C=O) groups excluding carboxylic acids is 2. The summed E-state index contributed by atoms with van der Waals surface area (Å²) in [6.07, 6.45) is 1.02. The molecule has 0 aliphatic heterocycles. The SMILES string of the molecule is C=O.CCCC(=O)O.NC(N)=O. The molecule has 0 unspecified atom stereocenters. The van der Waals surface area contributed by atoms with E-state index in [2.05, 4.69) is 11.5 Å². The third-order valence-electron chi connectivity index (χ3n) is 0.464. The Labute approximate surface area is 70.5 Å². The van der Waals surface area contributed by atoms with Crippen molar-refractivity contribution in [2.75, 3.05) is 0 Å². The van der Waals surface area contributed by atoms with Gasteiger partial charge in [0.05, 0.1) is 0 Å². The minimum atomic E-state index is -0.833. The van der Waals surface area contributed by atoms with Gasteiger partial charge in [0.25, 0.3) is 0 Å². The van der Waals surface area contributed by atoms with Crippen LogP contribution in [0, 0.1) is 0 Å². The van der Waals surface area contributed by atoms with Crippen molar-refractivity contribution < 1.29 is 19.5 Å². The lowest BCUT2D eigenvalue weighted by molar-refractivity contribution is -0.137. The molecule has 0 radical (unpaired) electrons. The molecule has 2 amide bonds. The summed E-state index contributed by atoms with van der Waals surface area (Å²) in [5, 5.41) is 7.91. The second-order valence-electron chi connectivity index (χ2n) is 1.55. The van der Waals surface area contributed by atoms with E-state index in [4.69, 9.17) is 14.7 Å². The van der Waals surface area contributed by atoms with E-state index in [0.29, 0.717) is 6.42 Å². The number of carboxylic acids is 1. The number of amides is 2. The molecule has 0 aromatic rings. The summed E-state index contributed by atoms with van der Waals surface area (Å²) >= 11 is 0. The second kappa shape index (κ2) is 16.2. The van der Waals surface area contributed by atoms with Gasteiger partial charge in [-0.25, -0.2) is 4.79 Å². The van der Waals surface area contributed by atoms with Crippen LogP contribution >= 0.6 is 0 Å². The molecule has 5 N–H and O–H groups in total. The Hall–Kier alpha value is -1.59. The van der Waals surface area contributed by atoms with E-state index in [-0.39, 0.29) is 0 Å². The highest BCUT2D eigenvalue weighted by Crippen LogP contribution is 1.82. The number of nitrogens with two attached hydrogens (primary N) is 2. The standard InChI is InChI=1S/C4H8O2.CH4N2O.CH2O/c1-2-3-4(5)6;2-1(3)4;1-2/h2-3H2,1H3,(H,5,6);(H4,2,3,4);1H2. The summed E-state index contributed by atoms with van der Waals surface area (Å²) in [6, 6.07) is -0.833. The lowest BCUT2D eigenvalue weighted by atomic mass is 10.4. The predicted octanol–water partition coefficient (Wildman–Crippen LogP) is -0.290. The number of rotatable bonds is 2. The fourth-order valence-corrected chi connectivity index (χ4v) is 0.214. The van der Waals surface area contributed by atoms with Crippen LogP contribution in [0.25, 0.3) is 0 Å². The predicted molar refractivity (Wildman–Crippen MR) is 43.4 cm³/mol. The zero-order valence-electron chi connectivity index (χ0n) is 6.95. The molecule has 0 aromatic carbocycles. The topological polar surface area (TPSA) is 123 Å². The highest BCUT2D eigenvalue weighted by Gasteiger charge is 1.87. The van der Waals surface area contributed by atoms with E-state index >= 15 is 0 Å². The maximum absolute atomic E-state index is 9.60. The average molecular weight is 178 g/mol. The molecule has 0 aromatic heterocycles. The van der Waals surface area contributed by atoms with E-state index < -0.39 is 12.0 Å². The van der Waals surface area contributed by atoms with Gasteiger partial charge in [0.2, 0.25) is 0 Å². The summed E-state index contributed by atoms with van der Waals surface area (Å²) in [4.78, 5) is 26.6. The van der Waals surface area contributed by atoms with Gasteiger partial charge in [0.15, 0.2) is 0 Å². The molecule has 0 rings (SSSR count). The van der Waals surface area contributed by atoms with Crippen LogP contribution in [0.1, 0.15) is 19.8 Å². The fourth-order valence-electron chi connectivity index (χ4n) is 0.214. The van der Waals surface area contributed by atoms with Crippen LogP contribution in [0.4, 0.5) is 4.79 Å². The number of carboxylic acid groups (broad SMARTS) is 1. The summed E-state index contributed by atoms with van der Waals surface area (Å²) in [7, 11) is 0. The Bertz CT molecular complexity index is 123. The van der Waals surface area contributed by atoms with Gasteiger partial charge in [-0.3, -0.25) is 4.79 Å². The van der Waals surface area contributed by atoms with Gasteiger partial charge in [-0.2, -0.15) is 0 Å². The van der Waals surface area contributed by atoms with Crippen molar-refractivity contribution in [2.24, 2.45) is 11.5 Å². The summed E-state index contributed by atoms with van der Waals surface area (Å²) in [5.41, 5.74) is 8.50. The summed E-state index contributed by atoms with van der Waals surface area (Å²) in [6.45, 7) is 3.84. The molecule has 72 valence electrons. The first-order valence-corrected chi connectivity index (χ1v) is 3.06. The van der Waals surface area contributed by atoms with Crippen molar-refractivity contribution in [1.29, 1.82) is 0 Å². The molecule has 6 heteroatoms. The quantitative estimate of drug-likeness (QED) is 0.537. The number of urea groups is 1. The van der Waals surface area contributed by atoms with Crippen molar-refractivity contribution >= 4 is 18.8 Å². The van der Waals surface area contributed by atoms with Gasteiger partial charge in [0.1, 0.15) is 6.79 Å². The van der Waals surface area contributed by atoms with Crippen LogP contribution < -0.4 is 11.5 Å². The molecule has 0 atom stereocenters. The lowest BCUT2D eigenvalue weighted by Crippen LogP contribution is -2.18. The van der Waals surface area contributed by atoms with E-state index in [1.807, 2.05) is 13.7 Å². The number of aliphatic carboxylic acids is 1. The Balaban J connectivity index is -0.000000118. The van der Waals surface area contributed by atoms with Gasteiger partial charge >= 0.3 is 12.0 Å². The summed E-state index contributed by atoms with van der Waals surface area (Å²) < 4.78 is 0. The van der Waals surface area contributed by atoms with Crippen LogP contribution in [0.5, 0.6) is 0 Å². The van der Waals surface area contributed by atoms with Crippen molar-refractivity contribution in [3.8, 4) is 0 Å². The van der Waals surface area contributed by atoms with Gasteiger partial charge < -0.3 is 21.4 Å². The molecular formula is C6H14N2O4. The number of primary amides is 2. The monoisotopic (exact) mass is 178 g/mol. The third-order valence-corrected chi connectivity index (χ3v) is 0.464. The molecule has 0 saturated carbocycles. The minimum absolute atomic E-state index is 0.292. The molecule has 0 aliphatic rings. The molecule has 0 saturated heterocycles. The third kappa shape index (κ3) is 232. The molecule has 0 aliphatic carbocycles. The van der Waals surface area contributed by atoms with Crippen molar-refractivity contribution in [2.45, 2.75) is 19.8 Å². The molecule has 12 heavy (non-hydrogen) atoms. The second-order valence-corrected chi connectivity index (χ2v) is 1.55. The number of hydrogen-bond acceptors (Lipinski definition) is 3. The fraction of sp³-hybridized carbons (Fsp3) is 0.500. The van der Waals surface area contributed by atoms with Crippen LogP contribution in [-0.2, 0) is 9.59 Å². The Morgan fingerprint density at radius 1 is 1.33 bits per heavy atom. The summed E-state index contributed by atoms with van der Waals surface area (Å²) in [5.74, 6) is -0.711. The van der Waals surface area contributed by atoms with E-state index in [1.54, 1.807) is 0 Å². The minimum Gasteiger partial charge on any atom is -0.481 e. The van der Waals surface area contributed by atoms with Crippen LogP contribution in [-0.4, -0.2) is 23.9 Å². The number of hydrogen-bond donors (Lipinski definition) is 3. The van der Waals surface area contributed by atoms with Crippen LogP contribution in [0.15, 0.2) is 0 Å². The van der Waals surface area contributed by atoms with Crippen LogP contribution in [0.2, 0.25) is 0 Å².